The molecule has 8 nitrogen and oxygen atoms in total. The van der Waals surface area contributed by atoms with Crippen molar-refractivity contribution in [3.8, 4) is 6.01 Å². The summed E-state index contributed by atoms with van der Waals surface area (Å²) in [5.74, 6) is -2.11. The predicted octanol–water partition coefficient (Wildman–Crippen LogP) is 3.81. The van der Waals surface area contributed by atoms with E-state index in [0.717, 1.165) is 35.1 Å². The van der Waals surface area contributed by atoms with E-state index in [1.54, 1.807) is 18.5 Å². The lowest BCUT2D eigenvalue weighted by Crippen LogP contribution is -2.45. The molecule has 1 aromatic carbocycles. The fourth-order valence-electron chi connectivity index (χ4n) is 4.38. The molecule has 5 rings (SSSR count). The number of piperidine rings is 1. The molecule has 1 aliphatic heterocycles. The molecule has 2 aromatic heterocycles. The second-order valence-electron chi connectivity index (χ2n) is 9.11. The molecule has 1 saturated heterocycles. The average molecular weight is 483 g/mol. The summed E-state index contributed by atoms with van der Waals surface area (Å²) < 4.78 is 32.6. The molecule has 2 N–H and O–H groups in total. The third kappa shape index (κ3) is 5.48. The second-order valence-corrected chi connectivity index (χ2v) is 9.11. The van der Waals surface area contributed by atoms with Gasteiger partial charge in [-0.2, -0.15) is 0 Å². The number of benzene rings is 1. The quantitative estimate of drug-likeness (QED) is 0.504. The number of carbonyl (C=O) groups excluding carboxylic acids is 1. The van der Waals surface area contributed by atoms with E-state index in [2.05, 4.69) is 25.6 Å². The van der Waals surface area contributed by atoms with Crippen LogP contribution in [0.5, 0.6) is 6.01 Å². The van der Waals surface area contributed by atoms with E-state index >= 15 is 0 Å². The third-order valence-electron chi connectivity index (χ3n) is 6.55. The van der Waals surface area contributed by atoms with Crippen LogP contribution in [0.3, 0.4) is 0 Å². The maximum Gasteiger partial charge on any atom is 0.316 e. The summed E-state index contributed by atoms with van der Waals surface area (Å²) in [4.78, 5) is 28.1. The molecule has 1 amide bonds. The van der Waals surface area contributed by atoms with E-state index in [4.69, 9.17) is 4.74 Å². The molecule has 2 fully saturated rings. The van der Waals surface area contributed by atoms with Crippen LogP contribution in [-0.2, 0) is 0 Å². The van der Waals surface area contributed by atoms with Gasteiger partial charge in [0.2, 0.25) is 0 Å². The monoisotopic (exact) mass is 482 g/mol. The number of rotatable bonds is 8. The molecule has 3 aromatic rings. The van der Waals surface area contributed by atoms with Crippen LogP contribution in [-0.4, -0.2) is 64.5 Å². The molecule has 184 valence electrons. The van der Waals surface area contributed by atoms with Gasteiger partial charge in [-0.05, 0) is 37.1 Å². The molecule has 1 unspecified atom stereocenters. The number of fused-ring (bicyclic) bond motifs is 1. The molecule has 0 radical (unpaired) electrons. The lowest BCUT2D eigenvalue weighted by molar-refractivity contribution is -0.0632. The highest BCUT2D eigenvalue weighted by Gasteiger charge is 2.37. The van der Waals surface area contributed by atoms with Crippen LogP contribution in [0.15, 0.2) is 42.7 Å². The second kappa shape index (κ2) is 9.69. The number of pyridine rings is 1. The number of anilines is 1. The summed E-state index contributed by atoms with van der Waals surface area (Å²) in [5, 5.41) is 7.13. The minimum atomic E-state index is -2.66. The fourth-order valence-corrected chi connectivity index (χ4v) is 4.38. The molecule has 35 heavy (non-hydrogen) atoms. The van der Waals surface area contributed by atoms with Crippen molar-refractivity contribution in [2.45, 2.75) is 43.7 Å². The fraction of sp³-hybridized carbons (Fsp3) is 0.440. The van der Waals surface area contributed by atoms with E-state index in [1.807, 2.05) is 29.2 Å². The number of aromatic nitrogens is 3. The molecule has 1 saturated carbocycles. The van der Waals surface area contributed by atoms with Gasteiger partial charge >= 0.3 is 6.01 Å². The largest absolute Gasteiger partial charge is 0.467 e. The summed E-state index contributed by atoms with van der Waals surface area (Å²) in [5.41, 5.74) is 1.98. The van der Waals surface area contributed by atoms with Gasteiger partial charge in [0.05, 0.1) is 18.7 Å². The Balaban J connectivity index is 1.34. The van der Waals surface area contributed by atoms with Crippen molar-refractivity contribution < 1.29 is 18.3 Å². The Morgan fingerprint density at radius 1 is 1.17 bits per heavy atom. The Hall–Kier alpha value is -3.40. The summed E-state index contributed by atoms with van der Waals surface area (Å²) >= 11 is 0. The topological polar surface area (TPSA) is 92.3 Å². The van der Waals surface area contributed by atoms with Crippen molar-refractivity contribution in [2.24, 2.45) is 0 Å². The SMILES string of the molecule is COc1ncc(C(CNC(=O)c2cccc3nc(NC4CC4)ccc23)N2CCC(F)(F)CC2)cn1. The highest BCUT2D eigenvalue weighted by Crippen LogP contribution is 2.32. The number of methoxy groups -OCH3 is 1. The number of hydrogen-bond donors (Lipinski definition) is 2. The minimum absolute atomic E-state index is 0.217. The van der Waals surface area contributed by atoms with Gasteiger partial charge in [0.1, 0.15) is 5.82 Å². The zero-order valence-electron chi connectivity index (χ0n) is 19.5. The Labute approximate surface area is 202 Å². The molecule has 1 atom stereocenters. The van der Waals surface area contributed by atoms with E-state index in [0.29, 0.717) is 11.6 Å². The zero-order valence-corrected chi connectivity index (χ0v) is 19.5. The summed E-state index contributed by atoms with van der Waals surface area (Å²) in [6.45, 7) is 0.661. The number of hydrogen-bond acceptors (Lipinski definition) is 7. The summed E-state index contributed by atoms with van der Waals surface area (Å²) in [6, 6.07) is 9.62. The normalized spacial score (nSPS) is 18.7. The van der Waals surface area contributed by atoms with Crippen LogP contribution in [0, 0.1) is 0 Å². The van der Waals surface area contributed by atoms with Gasteiger partial charge in [-0.3, -0.25) is 9.69 Å². The predicted molar refractivity (Wildman–Crippen MR) is 128 cm³/mol. The van der Waals surface area contributed by atoms with Crippen LogP contribution >= 0.6 is 0 Å². The number of alkyl halides is 2. The molecular formula is C25H28F2N6O2. The number of carbonyl (C=O) groups is 1. The van der Waals surface area contributed by atoms with Crippen LogP contribution in [0.2, 0.25) is 0 Å². The number of nitrogens with zero attached hydrogens (tertiary/aromatic N) is 4. The highest BCUT2D eigenvalue weighted by atomic mass is 19.3. The smallest absolute Gasteiger partial charge is 0.316 e. The Bertz CT molecular complexity index is 1190. The Morgan fingerprint density at radius 3 is 2.60 bits per heavy atom. The Kier molecular flexibility index (Phi) is 6.46. The van der Waals surface area contributed by atoms with Gasteiger partial charge in [0.25, 0.3) is 11.8 Å². The van der Waals surface area contributed by atoms with Crippen LogP contribution in [0.25, 0.3) is 10.9 Å². The molecule has 10 heteroatoms. The van der Waals surface area contributed by atoms with Crippen molar-refractivity contribution in [2.75, 3.05) is 32.1 Å². The number of amides is 1. The van der Waals surface area contributed by atoms with Crippen molar-refractivity contribution in [3.05, 3.63) is 53.9 Å². The van der Waals surface area contributed by atoms with Crippen molar-refractivity contribution >= 4 is 22.6 Å². The molecule has 3 heterocycles. The molecular weight excluding hydrogens is 454 g/mol. The van der Waals surface area contributed by atoms with Crippen molar-refractivity contribution in [3.63, 3.8) is 0 Å². The number of likely N-dealkylation sites (tertiary alicyclic amines) is 1. The summed E-state index contributed by atoms with van der Waals surface area (Å²) in [6.07, 6.45) is 5.09. The lowest BCUT2D eigenvalue weighted by Gasteiger charge is -2.37. The van der Waals surface area contributed by atoms with Crippen LogP contribution < -0.4 is 15.4 Å². The first-order valence-corrected chi connectivity index (χ1v) is 11.8. The molecule has 0 spiro atoms. The average Bonchev–Trinajstić information content (AvgIpc) is 3.68. The number of nitrogens with one attached hydrogen (secondary N) is 2. The van der Waals surface area contributed by atoms with E-state index < -0.39 is 5.92 Å². The van der Waals surface area contributed by atoms with Gasteiger partial charge in [-0.1, -0.05) is 6.07 Å². The highest BCUT2D eigenvalue weighted by molar-refractivity contribution is 6.06. The third-order valence-corrected chi connectivity index (χ3v) is 6.55. The zero-order chi connectivity index (χ0) is 24.4. The van der Waals surface area contributed by atoms with Crippen molar-refractivity contribution in [1.29, 1.82) is 0 Å². The molecule has 0 bridgehead atoms. The van der Waals surface area contributed by atoms with Gasteiger partial charge in [0.15, 0.2) is 0 Å². The van der Waals surface area contributed by atoms with Gasteiger partial charge in [-0.25, -0.2) is 23.7 Å². The summed E-state index contributed by atoms with van der Waals surface area (Å²) in [7, 11) is 1.48. The van der Waals surface area contributed by atoms with E-state index in [1.165, 1.54) is 7.11 Å². The first kappa shape index (κ1) is 23.3. The number of ether oxygens (including phenoxy) is 1. The standard InChI is InChI=1S/C25H28F2N6O2/c1-35-24-29-13-16(14-30-24)21(33-11-9-25(26,27)10-12-33)15-28-23(34)19-3-2-4-20-18(19)7-8-22(32-20)31-17-5-6-17/h2-4,7-8,13-14,17,21H,5-6,9-12,15H2,1H3,(H,28,34)(H,31,32). The lowest BCUT2D eigenvalue weighted by atomic mass is 10.0. The van der Waals surface area contributed by atoms with Crippen LogP contribution in [0.1, 0.15) is 47.6 Å². The van der Waals surface area contributed by atoms with Gasteiger partial charge in [-0.15, -0.1) is 0 Å². The minimum Gasteiger partial charge on any atom is -0.467 e. The Morgan fingerprint density at radius 2 is 1.91 bits per heavy atom. The van der Waals surface area contributed by atoms with Gasteiger partial charge in [0, 0.05) is 67.4 Å². The first-order chi connectivity index (χ1) is 16.9. The van der Waals surface area contributed by atoms with Gasteiger partial charge < -0.3 is 15.4 Å². The van der Waals surface area contributed by atoms with Crippen molar-refractivity contribution in [1.82, 2.24) is 25.2 Å². The molecule has 1 aliphatic carbocycles. The maximum atomic E-state index is 13.8. The molecule has 2 aliphatic rings. The van der Waals surface area contributed by atoms with E-state index in [-0.39, 0.29) is 50.4 Å². The maximum absolute atomic E-state index is 13.8. The number of halogens is 2. The first-order valence-electron chi connectivity index (χ1n) is 11.8. The van der Waals surface area contributed by atoms with E-state index in [9.17, 15) is 13.6 Å². The van der Waals surface area contributed by atoms with Crippen LogP contribution in [0.4, 0.5) is 14.6 Å².